The average Bonchev–Trinajstić information content (AvgIpc) is 2.56. The molecule has 0 aliphatic rings. The Balaban J connectivity index is 0.00000312. The third kappa shape index (κ3) is 7.20. The van der Waals surface area contributed by atoms with Crippen LogP contribution in [0.25, 0.3) is 10.8 Å². The first-order valence-electron chi connectivity index (χ1n) is 8.60. The molecule has 138 valence electrons. The highest BCUT2D eigenvalue weighted by Crippen LogP contribution is 2.20. The van der Waals surface area contributed by atoms with Gasteiger partial charge in [-0.3, -0.25) is 4.99 Å². The molecule has 0 saturated heterocycles. The number of benzene rings is 2. The maximum atomic E-state index is 4.32. The molecule has 2 aromatic carbocycles. The Hall–Kier alpha value is -1.34. The highest BCUT2D eigenvalue weighted by atomic mass is 127. The van der Waals surface area contributed by atoms with E-state index in [2.05, 4.69) is 91.1 Å². The lowest BCUT2D eigenvalue weighted by Crippen LogP contribution is -2.45. The lowest BCUT2D eigenvalue weighted by atomic mass is 10.0. The molecule has 25 heavy (non-hydrogen) atoms. The van der Waals surface area contributed by atoms with Gasteiger partial charge in [-0.25, -0.2) is 0 Å². The third-order valence-electron chi connectivity index (χ3n) is 3.92. The minimum atomic E-state index is 0. The highest BCUT2D eigenvalue weighted by molar-refractivity contribution is 14.0. The van der Waals surface area contributed by atoms with Crippen LogP contribution in [0.1, 0.15) is 39.3 Å². The van der Waals surface area contributed by atoms with Crippen LogP contribution in [0.2, 0.25) is 0 Å². The summed E-state index contributed by atoms with van der Waals surface area (Å²) >= 11 is 0. The first kappa shape index (κ1) is 21.7. The first-order chi connectivity index (χ1) is 11.4. The second-order valence-corrected chi connectivity index (χ2v) is 7.15. The van der Waals surface area contributed by atoms with Gasteiger partial charge in [0.2, 0.25) is 0 Å². The number of fused-ring (bicyclic) bond motifs is 1. The molecule has 0 saturated carbocycles. The standard InChI is InChI=1S/C20H30N4.HI/c1-15(17-11-10-16-8-6-7-9-18(16)14-17)24-19(21-5)22-12-13-23-20(2,3)4;/h6-11,14-15,23H,12-13H2,1-5H3,(H2,21,22,24);1H. The SMILES string of the molecule is CN=C(NCCNC(C)(C)C)NC(C)c1ccc2ccccc2c1.I. The van der Waals surface area contributed by atoms with E-state index in [0.717, 1.165) is 19.0 Å². The summed E-state index contributed by atoms with van der Waals surface area (Å²) in [5.41, 5.74) is 1.39. The second-order valence-electron chi connectivity index (χ2n) is 7.15. The van der Waals surface area contributed by atoms with E-state index in [1.165, 1.54) is 16.3 Å². The van der Waals surface area contributed by atoms with Gasteiger partial charge < -0.3 is 16.0 Å². The van der Waals surface area contributed by atoms with E-state index in [0.29, 0.717) is 0 Å². The third-order valence-corrected chi connectivity index (χ3v) is 3.92. The molecule has 2 rings (SSSR count). The number of nitrogens with zero attached hydrogens (tertiary/aromatic N) is 1. The van der Waals surface area contributed by atoms with Crippen LogP contribution in [0.4, 0.5) is 0 Å². The van der Waals surface area contributed by atoms with Gasteiger partial charge in [-0.1, -0.05) is 36.4 Å². The van der Waals surface area contributed by atoms with Gasteiger partial charge in [-0.2, -0.15) is 0 Å². The summed E-state index contributed by atoms with van der Waals surface area (Å²) in [4.78, 5) is 4.32. The van der Waals surface area contributed by atoms with Gasteiger partial charge in [0.05, 0.1) is 6.04 Å². The molecule has 1 unspecified atom stereocenters. The van der Waals surface area contributed by atoms with Crippen molar-refractivity contribution in [2.24, 2.45) is 4.99 Å². The molecule has 0 bridgehead atoms. The van der Waals surface area contributed by atoms with E-state index in [1.807, 2.05) is 0 Å². The molecule has 0 heterocycles. The van der Waals surface area contributed by atoms with Crippen molar-refractivity contribution in [3.8, 4) is 0 Å². The van der Waals surface area contributed by atoms with Gasteiger partial charge in [0, 0.05) is 25.7 Å². The maximum Gasteiger partial charge on any atom is 0.191 e. The van der Waals surface area contributed by atoms with Crippen LogP contribution >= 0.6 is 24.0 Å². The van der Waals surface area contributed by atoms with Crippen molar-refractivity contribution < 1.29 is 0 Å². The summed E-state index contributed by atoms with van der Waals surface area (Å²) in [6.45, 7) is 10.4. The van der Waals surface area contributed by atoms with E-state index in [1.54, 1.807) is 7.05 Å². The quantitative estimate of drug-likeness (QED) is 0.276. The fourth-order valence-electron chi connectivity index (χ4n) is 2.58. The van der Waals surface area contributed by atoms with Crippen molar-refractivity contribution in [3.63, 3.8) is 0 Å². The number of aliphatic imine (C=N–C) groups is 1. The number of guanidine groups is 1. The largest absolute Gasteiger partial charge is 0.355 e. The Morgan fingerprint density at radius 1 is 1.04 bits per heavy atom. The molecule has 0 aliphatic carbocycles. The van der Waals surface area contributed by atoms with Gasteiger partial charge >= 0.3 is 0 Å². The number of nitrogens with one attached hydrogen (secondary N) is 3. The van der Waals surface area contributed by atoms with E-state index < -0.39 is 0 Å². The second kappa shape index (κ2) is 9.97. The molecule has 0 aromatic heterocycles. The lowest BCUT2D eigenvalue weighted by molar-refractivity contribution is 0.428. The zero-order valence-electron chi connectivity index (χ0n) is 15.9. The van der Waals surface area contributed by atoms with Crippen LogP contribution in [0.3, 0.4) is 0 Å². The van der Waals surface area contributed by atoms with Crippen molar-refractivity contribution in [1.29, 1.82) is 0 Å². The summed E-state index contributed by atoms with van der Waals surface area (Å²) < 4.78 is 0. The van der Waals surface area contributed by atoms with E-state index >= 15 is 0 Å². The van der Waals surface area contributed by atoms with Crippen LogP contribution < -0.4 is 16.0 Å². The Morgan fingerprint density at radius 3 is 2.36 bits per heavy atom. The summed E-state index contributed by atoms with van der Waals surface area (Å²) in [5.74, 6) is 0.825. The van der Waals surface area contributed by atoms with Crippen LogP contribution in [-0.4, -0.2) is 31.6 Å². The lowest BCUT2D eigenvalue weighted by Gasteiger charge is -2.22. The Bertz CT molecular complexity index is 691. The Kier molecular flexibility index (Phi) is 8.65. The topological polar surface area (TPSA) is 48.5 Å². The normalized spacial score (nSPS) is 13.2. The van der Waals surface area contributed by atoms with Crippen molar-refractivity contribution >= 4 is 40.7 Å². The zero-order valence-corrected chi connectivity index (χ0v) is 18.2. The van der Waals surface area contributed by atoms with Crippen molar-refractivity contribution in [2.45, 2.75) is 39.3 Å². The fourth-order valence-corrected chi connectivity index (χ4v) is 2.58. The van der Waals surface area contributed by atoms with Crippen LogP contribution in [0, 0.1) is 0 Å². The monoisotopic (exact) mass is 454 g/mol. The summed E-state index contributed by atoms with van der Waals surface area (Å²) in [6, 6.07) is 15.2. The average molecular weight is 454 g/mol. The molecular formula is C20H31IN4. The Labute approximate surface area is 168 Å². The van der Waals surface area contributed by atoms with Crippen LogP contribution in [0.15, 0.2) is 47.5 Å². The van der Waals surface area contributed by atoms with Crippen molar-refractivity contribution in [2.75, 3.05) is 20.1 Å². The van der Waals surface area contributed by atoms with Crippen LogP contribution in [0.5, 0.6) is 0 Å². The number of hydrogen-bond acceptors (Lipinski definition) is 2. The van der Waals surface area contributed by atoms with Gasteiger partial charge in [-0.15, -0.1) is 24.0 Å². The molecular weight excluding hydrogens is 423 g/mol. The molecule has 1 atom stereocenters. The highest BCUT2D eigenvalue weighted by Gasteiger charge is 2.10. The maximum absolute atomic E-state index is 4.32. The molecule has 0 fully saturated rings. The molecule has 0 aliphatic heterocycles. The molecule has 0 amide bonds. The minimum absolute atomic E-state index is 0. The van der Waals surface area contributed by atoms with E-state index in [-0.39, 0.29) is 35.6 Å². The predicted molar refractivity (Wildman–Crippen MR) is 120 cm³/mol. The van der Waals surface area contributed by atoms with Gasteiger partial charge in [0.15, 0.2) is 5.96 Å². The van der Waals surface area contributed by atoms with Gasteiger partial charge in [0.25, 0.3) is 0 Å². The summed E-state index contributed by atoms with van der Waals surface area (Å²) in [7, 11) is 1.81. The minimum Gasteiger partial charge on any atom is -0.355 e. The summed E-state index contributed by atoms with van der Waals surface area (Å²) in [6.07, 6.45) is 0. The van der Waals surface area contributed by atoms with Gasteiger partial charge in [-0.05, 0) is 50.1 Å². The van der Waals surface area contributed by atoms with Crippen molar-refractivity contribution in [1.82, 2.24) is 16.0 Å². The predicted octanol–water partition coefficient (Wildman–Crippen LogP) is 4.07. The molecule has 0 radical (unpaired) electrons. The van der Waals surface area contributed by atoms with E-state index in [9.17, 15) is 0 Å². The smallest absolute Gasteiger partial charge is 0.191 e. The number of hydrogen-bond donors (Lipinski definition) is 3. The van der Waals surface area contributed by atoms with Crippen molar-refractivity contribution in [3.05, 3.63) is 48.0 Å². The van der Waals surface area contributed by atoms with E-state index in [4.69, 9.17) is 0 Å². The number of halogens is 1. The molecule has 3 N–H and O–H groups in total. The number of rotatable bonds is 5. The molecule has 2 aromatic rings. The molecule has 5 heteroatoms. The Morgan fingerprint density at radius 2 is 1.72 bits per heavy atom. The first-order valence-corrected chi connectivity index (χ1v) is 8.60. The van der Waals surface area contributed by atoms with Gasteiger partial charge in [0.1, 0.15) is 0 Å². The fraction of sp³-hybridized carbons (Fsp3) is 0.450. The van der Waals surface area contributed by atoms with Crippen LogP contribution in [-0.2, 0) is 0 Å². The molecule has 0 spiro atoms. The zero-order chi connectivity index (χ0) is 17.6. The summed E-state index contributed by atoms with van der Waals surface area (Å²) in [5, 5.41) is 12.8. The molecule has 4 nitrogen and oxygen atoms in total.